The molecule has 4 aromatic carbocycles. The van der Waals surface area contributed by atoms with Crippen LogP contribution in [0.5, 0.6) is 5.75 Å². The van der Waals surface area contributed by atoms with Crippen LogP contribution in [0, 0.1) is 19.3 Å². The number of hydrogen-bond acceptors (Lipinski definition) is 3. The molecule has 3 nitrogen and oxygen atoms in total. The number of likely N-dealkylation sites (tertiary alicyclic amines) is 1. The van der Waals surface area contributed by atoms with E-state index in [0.717, 1.165) is 37.1 Å². The van der Waals surface area contributed by atoms with Crippen molar-refractivity contribution in [3.8, 4) is 5.75 Å². The van der Waals surface area contributed by atoms with Gasteiger partial charge in [-0.05, 0) is 85.1 Å². The molecule has 4 atom stereocenters. The normalized spacial score (nSPS) is 28.9. The monoisotopic (exact) mass is 496 g/mol. The van der Waals surface area contributed by atoms with E-state index in [-0.39, 0.29) is 16.9 Å². The summed E-state index contributed by atoms with van der Waals surface area (Å²) in [5.74, 6) is 1.15. The number of rotatable bonds is 0. The first-order valence-corrected chi connectivity index (χ1v) is 14.2. The highest BCUT2D eigenvalue weighted by atomic mass is 16.5. The van der Waals surface area contributed by atoms with E-state index >= 15 is 0 Å². The van der Waals surface area contributed by atoms with Crippen molar-refractivity contribution in [2.45, 2.75) is 57.6 Å². The van der Waals surface area contributed by atoms with Gasteiger partial charge in [-0.15, -0.1) is 0 Å². The second kappa shape index (κ2) is 6.76. The first-order valence-electron chi connectivity index (χ1n) is 14.2. The Morgan fingerprint density at radius 3 is 2.42 bits per heavy atom. The summed E-state index contributed by atoms with van der Waals surface area (Å²) in [5, 5.41) is 6.48. The Morgan fingerprint density at radius 1 is 0.921 bits per heavy atom. The van der Waals surface area contributed by atoms with Crippen LogP contribution in [-0.2, 0) is 18.3 Å². The van der Waals surface area contributed by atoms with Crippen LogP contribution in [0.25, 0.3) is 32.4 Å². The number of benzene rings is 4. The van der Waals surface area contributed by atoms with E-state index in [9.17, 15) is 0 Å². The van der Waals surface area contributed by atoms with E-state index in [0.29, 0.717) is 6.04 Å². The van der Waals surface area contributed by atoms with Gasteiger partial charge in [0.25, 0.3) is 0 Å². The topological polar surface area (TPSA) is 25.4 Å². The molecule has 38 heavy (non-hydrogen) atoms. The van der Waals surface area contributed by atoms with Crippen molar-refractivity contribution in [1.29, 1.82) is 0 Å². The fraction of sp³-hybridized carbons (Fsp3) is 0.343. The second-order valence-corrected chi connectivity index (χ2v) is 12.7. The molecule has 5 aromatic rings. The van der Waals surface area contributed by atoms with Gasteiger partial charge in [-0.3, -0.25) is 0 Å². The van der Waals surface area contributed by atoms with Gasteiger partial charge in [-0.2, -0.15) is 0 Å². The molecule has 4 aliphatic rings. The highest BCUT2D eigenvalue weighted by Crippen LogP contribution is 2.71. The number of nitrogens with zero attached hydrogens (tertiary/aromatic N) is 2. The van der Waals surface area contributed by atoms with E-state index in [1.54, 1.807) is 0 Å². The van der Waals surface area contributed by atoms with Gasteiger partial charge in [0.05, 0.1) is 16.6 Å². The van der Waals surface area contributed by atoms with Crippen LogP contribution in [0.4, 0.5) is 0 Å². The predicted octanol–water partition coefficient (Wildman–Crippen LogP) is 7.35. The zero-order valence-corrected chi connectivity index (χ0v) is 22.6. The number of piperidine rings is 1. The summed E-state index contributed by atoms with van der Waals surface area (Å²) in [5.41, 5.74) is 9.50. The molecule has 0 N–H and O–H groups in total. The van der Waals surface area contributed by atoms with E-state index in [1.807, 2.05) is 0 Å². The van der Waals surface area contributed by atoms with Crippen LogP contribution < -0.4 is 4.74 Å². The fourth-order valence-electron chi connectivity index (χ4n) is 9.42. The Bertz CT molecular complexity index is 1890. The van der Waals surface area contributed by atoms with Crippen molar-refractivity contribution in [2.24, 2.45) is 5.41 Å². The maximum atomic E-state index is 7.16. The molecule has 3 heterocycles. The highest BCUT2D eigenvalue weighted by Gasteiger charge is 2.70. The number of aryl methyl sites for hydroxylation is 2. The lowest BCUT2D eigenvalue weighted by Crippen LogP contribution is -2.68. The lowest BCUT2D eigenvalue weighted by atomic mass is 9.44. The molecular weight excluding hydrogens is 464 g/mol. The van der Waals surface area contributed by atoms with Gasteiger partial charge >= 0.3 is 0 Å². The Hall–Kier alpha value is -3.43. The third kappa shape index (κ3) is 2.20. The molecule has 1 fully saturated rings. The highest BCUT2D eigenvalue weighted by molar-refractivity contribution is 6.25. The van der Waals surface area contributed by atoms with Gasteiger partial charge in [-0.25, -0.2) is 4.98 Å². The second-order valence-electron chi connectivity index (χ2n) is 12.7. The zero-order chi connectivity index (χ0) is 25.6. The van der Waals surface area contributed by atoms with Crippen molar-refractivity contribution in [2.75, 3.05) is 13.6 Å². The Labute approximate surface area is 223 Å². The van der Waals surface area contributed by atoms with Crippen molar-refractivity contribution >= 4 is 32.4 Å². The van der Waals surface area contributed by atoms with Gasteiger partial charge in [0, 0.05) is 27.8 Å². The van der Waals surface area contributed by atoms with Gasteiger partial charge in [-0.1, -0.05) is 67.6 Å². The van der Waals surface area contributed by atoms with Crippen LogP contribution >= 0.6 is 0 Å². The molecule has 0 unspecified atom stereocenters. The standard InChI is InChI=1S/C35H32N2O/c1-19-13-14-21-17-27-34(3)18-26-20(2)28-24-11-7-5-9-22(24)23-10-6-8-12-25(23)30(28)36-31(26)33-35(34,15-16-37(27)4)29(21)32(19)38-33/h5-14,27,33H,15-18H2,1-4H3/t27-,33+,34+,35+/m1/s1. The smallest absolute Gasteiger partial charge is 0.151 e. The number of likely N-dealkylation sites (N-methyl/N-ethyl adjacent to an activating group) is 1. The van der Waals surface area contributed by atoms with Crippen molar-refractivity contribution < 1.29 is 4.74 Å². The third-order valence-corrected chi connectivity index (χ3v) is 11.2. The first-order chi connectivity index (χ1) is 18.4. The van der Waals surface area contributed by atoms with Crippen LogP contribution in [0.3, 0.4) is 0 Å². The Balaban J connectivity index is 1.44. The summed E-state index contributed by atoms with van der Waals surface area (Å²) in [4.78, 5) is 8.29. The van der Waals surface area contributed by atoms with Gasteiger partial charge < -0.3 is 9.64 Å². The molecule has 2 bridgehead atoms. The number of pyridine rings is 1. The molecule has 1 spiro atoms. The van der Waals surface area contributed by atoms with Crippen molar-refractivity contribution in [3.63, 3.8) is 0 Å². The number of ether oxygens (including phenoxy) is 1. The van der Waals surface area contributed by atoms with E-state index in [2.05, 4.69) is 93.4 Å². The van der Waals surface area contributed by atoms with E-state index in [1.165, 1.54) is 60.4 Å². The van der Waals surface area contributed by atoms with Crippen molar-refractivity contribution in [1.82, 2.24) is 9.88 Å². The predicted molar refractivity (Wildman–Crippen MR) is 154 cm³/mol. The SMILES string of the molecule is Cc1ccc2c3c1O[C@H]1c4nc5c6ccccc6c6ccccc6c5c(C)c4C[C@@]4(C)[C@@H](C2)N(C)CC[C@]314. The van der Waals surface area contributed by atoms with Crippen molar-refractivity contribution in [3.05, 3.63) is 94.2 Å². The Kier molecular flexibility index (Phi) is 3.83. The molecule has 1 aromatic heterocycles. The molecular formula is C35H32N2O. The van der Waals surface area contributed by atoms with Crippen LogP contribution in [-0.4, -0.2) is 29.5 Å². The molecule has 0 saturated carbocycles. The number of hydrogen-bond donors (Lipinski definition) is 0. The summed E-state index contributed by atoms with van der Waals surface area (Å²) in [7, 11) is 2.34. The molecule has 2 aliphatic carbocycles. The summed E-state index contributed by atoms with van der Waals surface area (Å²) >= 11 is 0. The fourth-order valence-corrected chi connectivity index (χ4v) is 9.42. The number of aromatic nitrogens is 1. The largest absolute Gasteiger partial charge is 0.483 e. The first kappa shape index (κ1) is 21.5. The maximum Gasteiger partial charge on any atom is 0.151 e. The molecule has 2 aliphatic heterocycles. The van der Waals surface area contributed by atoms with Crippen LogP contribution in [0.15, 0.2) is 60.7 Å². The summed E-state index contributed by atoms with van der Waals surface area (Å²) in [6.45, 7) is 8.27. The molecule has 9 rings (SSSR count). The summed E-state index contributed by atoms with van der Waals surface area (Å²) in [6, 6.07) is 22.9. The molecule has 0 radical (unpaired) electrons. The molecule has 3 heteroatoms. The third-order valence-electron chi connectivity index (χ3n) is 11.2. The zero-order valence-electron chi connectivity index (χ0n) is 22.6. The Morgan fingerprint density at radius 2 is 1.63 bits per heavy atom. The summed E-state index contributed by atoms with van der Waals surface area (Å²) in [6.07, 6.45) is 3.26. The van der Waals surface area contributed by atoms with E-state index in [4.69, 9.17) is 9.72 Å². The quantitative estimate of drug-likeness (QED) is 0.210. The lowest BCUT2D eigenvalue weighted by Gasteiger charge is -2.64. The number of fused-ring (bicyclic) bond motifs is 8. The average Bonchev–Trinajstić information content (AvgIpc) is 3.29. The van der Waals surface area contributed by atoms with Gasteiger partial charge in [0.1, 0.15) is 5.75 Å². The minimum Gasteiger partial charge on any atom is -0.483 e. The van der Waals surface area contributed by atoms with Crippen LogP contribution in [0.2, 0.25) is 0 Å². The summed E-state index contributed by atoms with van der Waals surface area (Å²) < 4.78 is 7.16. The lowest BCUT2D eigenvalue weighted by molar-refractivity contribution is -0.0910. The average molecular weight is 497 g/mol. The minimum atomic E-state index is -0.0315. The molecule has 188 valence electrons. The van der Waals surface area contributed by atoms with Gasteiger partial charge in [0.2, 0.25) is 0 Å². The van der Waals surface area contributed by atoms with Crippen LogP contribution in [0.1, 0.15) is 53.0 Å². The maximum absolute atomic E-state index is 7.16. The van der Waals surface area contributed by atoms with E-state index < -0.39 is 0 Å². The van der Waals surface area contributed by atoms with Gasteiger partial charge in [0.15, 0.2) is 6.10 Å². The molecule has 0 amide bonds. The molecule has 1 saturated heterocycles. The minimum absolute atomic E-state index is 0.0219.